The van der Waals surface area contributed by atoms with Crippen molar-refractivity contribution in [2.75, 3.05) is 20.1 Å². The van der Waals surface area contributed by atoms with Crippen molar-refractivity contribution >= 4 is 29.9 Å². The number of halogens is 1. The first-order valence-electron chi connectivity index (χ1n) is 7.82. The third kappa shape index (κ3) is 7.06. The van der Waals surface area contributed by atoms with E-state index < -0.39 is 0 Å². The minimum Gasteiger partial charge on any atom is -0.356 e. The highest BCUT2D eigenvalue weighted by Crippen LogP contribution is 1.99. The molecule has 23 heavy (non-hydrogen) atoms. The van der Waals surface area contributed by atoms with Crippen molar-refractivity contribution in [1.82, 2.24) is 24.8 Å². The number of nitrogens with zero attached hydrogens (tertiary/aromatic N) is 4. The van der Waals surface area contributed by atoms with Crippen molar-refractivity contribution in [3.05, 3.63) is 42.7 Å². The normalized spacial score (nSPS) is 11.1. The lowest BCUT2D eigenvalue weighted by Gasteiger charge is -2.12. The molecule has 0 aliphatic heterocycles. The number of hydrogen-bond donors (Lipinski definition) is 2. The average Bonchev–Trinajstić information content (AvgIpc) is 3.17. The summed E-state index contributed by atoms with van der Waals surface area (Å²) < 4.78 is 4.33. The highest BCUT2D eigenvalue weighted by Gasteiger charge is 1.98. The molecule has 0 saturated heterocycles. The molecule has 128 valence electrons. The number of guanidine groups is 1. The van der Waals surface area contributed by atoms with Crippen molar-refractivity contribution in [3.8, 4) is 0 Å². The van der Waals surface area contributed by atoms with Gasteiger partial charge in [0.15, 0.2) is 5.96 Å². The van der Waals surface area contributed by atoms with E-state index in [0.29, 0.717) is 0 Å². The molecule has 0 fully saturated rings. The Balaban J connectivity index is 0.00000264. The number of hydrogen-bond acceptors (Lipinski definition) is 2. The maximum atomic E-state index is 4.24. The second-order valence-corrected chi connectivity index (χ2v) is 5.22. The van der Waals surface area contributed by atoms with E-state index in [4.69, 9.17) is 0 Å². The van der Waals surface area contributed by atoms with Crippen molar-refractivity contribution in [3.63, 3.8) is 0 Å². The Bertz CT molecular complexity index is 561. The van der Waals surface area contributed by atoms with Crippen molar-refractivity contribution in [2.24, 2.45) is 4.99 Å². The van der Waals surface area contributed by atoms with Gasteiger partial charge >= 0.3 is 0 Å². The molecule has 2 rings (SSSR count). The van der Waals surface area contributed by atoms with Crippen LogP contribution in [-0.4, -0.2) is 40.2 Å². The molecule has 7 heteroatoms. The van der Waals surface area contributed by atoms with Gasteiger partial charge in [0.05, 0.1) is 0 Å². The van der Waals surface area contributed by atoms with Gasteiger partial charge in [0, 0.05) is 58.0 Å². The number of rotatable bonds is 8. The van der Waals surface area contributed by atoms with Crippen LogP contribution >= 0.6 is 24.0 Å². The molecule has 0 spiro atoms. The third-order valence-corrected chi connectivity index (χ3v) is 3.59. The molecule has 0 unspecified atom stereocenters. The predicted octanol–water partition coefficient (Wildman–Crippen LogP) is 2.26. The quantitative estimate of drug-likeness (QED) is 0.292. The first-order chi connectivity index (χ1) is 10.8. The molecule has 0 bridgehead atoms. The van der Waals surface area contributed by atoms with Crippen LogP contribution in [0.1, 0.15) is 18.7 Å². The van der Waals surface area contributed by atoms with Gasteiger partial charge in [-0.15, -0.1) is 24.0 Å². The minimum absolute atomic E-state index is 0. The van der Waals surface area contributed by atoms with Gasteiger partial charge < -0.3 is 19.8 Å². The fourth-order valence-electron chi connectivity index (χ4n) is 2.30. The van der Waals surface area contributed by atoms with Crippen LogP contribution in [0.15, 0.2) is 41.9 Å². The van der Waals surface area contributed by atoms with Gasteiger partial charge in [0.1, 0.15) is 5.82 Å². The summed E-state index contributed by atoms with van der Waals surface area (Å²) in [4.78, 5) is 8.47. The Morgan fingerprint density at radius 3 is 2.48 bits per heavy atom. The smallest absolute Gasteiger partial charge is 0.191 e. The number of aromatic nitrogens is 3. The maximum Gasteiger partial charge on any atom is 0.191 e. The highest BCUT2D eigenvalue weighted by atomic mass is 127. The van der Waals surface area contributed by atoms with E-state index in [1.54, 1.807) is 7.05 Å². The van der Waals surface area contributed by atoms with Gasteiger partial charge in [-0.25, -0.2) is 4.98 Å². The number of unbranched alkanes of at least 4 members (excludes halogenated alkanes) is 1. The van der Waals surface area contributed by atoms with Crippen LogP contribution in [0.5, 0.6) is 0 Å². The monoisotopic (exact) mass is 430 g/mol. The van der Waals surface area contributed by atoms with Gasteiger partial charge in [-0.1, -0.05) is 0 Å². The molecule has 2 aromatic rings. The van der Waals surface area contributed by atoms with Crippen molar-refractivity contribution in [2.45, 2.75) is 32.9 Å². The molecule has 0 radical (unpaired) electrons. The highest BCUT2D eigenvalue weighted by molar-refractivity contribution is 14.0. The lowest BCUT2D eigenvalue weighted by Crippen LogP contribution is -2.39. The van der Waals surface area contributed by atoms with Crippen LogP contribution in [0.2, 0.25) is 0 Å². The van der Waals surface area contributed by atoms with Crippen molar-refractivity contribution < 1.29 is 0 Å². The van der Waals surface area contributed by atoms with Crippen LogP contribution in [0.25, 0.3) is 0 Å². The second-order valence-electron chi connectivity index (χ2n) is 5.22. The number of aryl methyl sites for hydroxylation is 2. The molecule has 2 heterocycles. The summed E-state index contributed by atoms with van der Waals surface area (Å²) in [7, 11) is 1.81. The molecule has 0 amide bonds. The fraction of sp³-hybridized carbons (Fsp3) is 0.500. The molecule has 6 nitrogen and oxygen atoms in total. The Kier molecular flexibility index (Phi) is 9.42. The average molecular weight is 430 g/mol. The summed E-state index contributed by atoms with van der Waals surface area (Å²) in [6.07, 6.45) is 10.3. The molecule has 0 aliphatic carbocycles. The van der Waals surface area contributed by atoms with Crippen LogP contribution in [0.4, 0.5) is 0 Å². The molecule has 0 aliphatic rings. The van der Waals surface area contributed by atoms with E-state index in [0.717, 1.165) is 50.8 Å². The molecule has 0 saturated carbocycles. The standard InChI is InChI=1S/C16H26N6.HI/c1-15-18-9-14-22(15)12-4-3-7-19-16(17-2)20-8-13-21-10-5-6-11-21;/h5-6,9-11,14H,3-4,7-8,12-13H2,1-2H3,(H2,17,19,20);1H. The largest absolute Gasteiger partial charge is 0.356 e. The third-order valence-electron chi connectivity index (χ3n) is 3.59. The summed E-state index contributed by atoms with van der Waals surface area (Å²) in [6.45, 7) is 5.79. The molecule has 2 N–H and O–H groups in total. The van der Waals surface area contributed by atoms with E-state index in [1.165, 1.54) is 0 Å². The Morgan fingerprint density at radius 1 is 1.09 bits per heavy atom. The van der Waals surface area contributed by atoms with E-state index in [1.807, 2.05) is 31.5 Å². The summed E-state index contributed by atoms with van der Waals surface area (Å²) in [5.41, 5.74) is 0. The van der Waals surface area contributed by atoms with Crippen LogP contribution in [0, 0.1) is 6.92 Å². The van der Waals surface area contributed by atoms with Gasteiger partial charge in [0.2, 0.25) is 0 Å². The second kappa shape index (κ2) is 11.1. The Labute approximate surface area is 155 Å². The zero-order valence-corrected chi connectivity index (χ0v) is 16.2. The van der Waals surface area contributed by atoms with Crippen LogP contribution < -0.4 is 10.6 Å². The van der Waals surface area contributed by atoms with Crippen LogP contribution in [-0.2, 0) is 13.1 Å². The summed E-state index contributed by atoms with van der Waals surface area (Å²) in [6, 6.07) is 4.07. The molecule has 0 atom stereocenters. The zero-order chi connectivity index (χ0) is 15.6. The first-order valence-corrected chi connectivity index (χ1v) is 7.82. The fourth-order valence-corrected chi connectivity index (χ4v) is 2.30. The van der Waals surface area contributed by atoms with E-state index >= 15 is 0 Å². The summed E-state index contributed by atoms with van der Waals surface area (Å²) in [5, 5.41) is 6.67. The molecule has 0 aromatic carbocycles. The molecule has 2 aromatic heterocycles. The SMILES string of the molecule is CN=C(NCCCCn1ccnc1C)NCCn1cccc1.I. The number of aliphatic imine (C=N–C) groups is 1. The van der Waals surface area contributed by atoms with E-state index in [-0.39, 0.29) is 24.0 Å². The predicted molar refractivity (Wildman–Crippen MR) is 105 cm³/mol. The zero-order valence-electron chi connectivity index (χ0n) is 13.9. The first kappa shape index (κ1) is 19.5. The lowest BCUT2D eigenvalue weighted by molar-refractivity contribution is 0.586. The maximum absolute atomic E-state index is 4.24. The summed E-state index contributed by atoms with van der Waals surface area (Å²) in [5.74, 6) is 1.95. The van der Waals surface area contributed by atoms with Gasteiger partial charge in [-0.3, -0.25) is 4.99 Å². The number of imidazole rings is 1. The Morgan fingerprint density at radius 2 is 1.83 bits per heavy atom. The van der Waals surface area contributed by atoms with Gasteiger partial charge in [0.25, 0.3) is 0 Å². The molecular weight excluding hydrogens is 403 g/mol. The topological polar surface area (TPSA) is 59.2 Å². The minimum atomic E-state index is 0. The lowest BCUT2D eigenvalue weighted by atomic mass is 10.3. The number of nitrogens with one attached hydrogen (secondary N) is 2. The van der Waals surface area contributed by atoms with Crippen molar-refractivity contribution in [1.29, 1.82) is 0 Å². The summed E-state index contributed by atoms with van der Waals surface area (Å²) >= 11 is 0. The van der Waals surface area contributed by atoms with Crippen LogP contribution in [0.3, 0.4) is 0 Å². The Hall–Kier alpha value is -1.51. The van der Waals surface area contributed by atoms with Gasteiger partial charge in [-0.2, -0.15) is 0 Å². The van der Waals surface area contributed by atoms with E-state index in [2.05, 4.69) is 42.1 Å². The van der Waals surface area contributed by atoms with E-state index in [9.17, 15) is 0 Å². The van der Waals surface area contributed by atoms with Gasteiger partial charge in [-0.05, 0) is 31.9 Å². The molecular formula is C16H27IN6.